The largest absolute Gasteiger partial charge is 0.369 e. The highest BCUT2D eigenvalue weighted by molar-refractivity contribution is 6.10. The number of hydrogen-bond acceptors (Lipinski definition) is 4. The number of nitrogens with zero attached hydrogens (tertiary/aromatic N) is 2. The van der Waals surface area contributed by atoms with Crippen LogP contribution in [0.2, 0.25) is 0 Å². The first-order valence-corrected chi connectivity index (χ1v) is 11.4. The van der Waals surface area contributed by atoms with Gasteiger partial charge < -0.3 is 15.5 Å². The minimum Gasteiger partial charge on any atom is -0.369 e. The fourth-order valence-electron chi connectivity index (χ4n) is 4.14. The maximum absolute atomic E-state index is 13.1. The van der Waals surface area contributed by atoms with Crippen molar-refractivity contribution in [3.05, 3.63) is 89.2 Å². The molecule has 0 unspecified atom stereocenters. The standard InChI is InChI=1S/C27H29FN4O2/c1-19-6-5-9-25(20(19)2)32-16-14-31(15-17-32)18-26(33)30-24-8-4-3-7-23(24)27(34)29-22-12-10-21(28)11-13-22/h3-13H,14-18H2,1-2H3,(H,29,34)(H,30,33). The molecule has 6 nitrogen and oxygen atoms in total. The Morgan fingerprint density at radius 1 is 0.853 bits per heavy atom. The molecule has 3 aromatic carbocycles. The molecule has 0 bridgehead atoms. The van der Waals surface area contributed by atoms with Gasteiger partial charge in [-0.15, -0.1) is 0 Å². The summed E-state index contributed by atoms with van der Waals surface area (Å²) in [5.74, 6) is -0.910. The zero-order chi connectivity index (χ0) is 24.1. The van der Waals surface area contributed by atoms with Gasteiger partial charge in [0.25, 0.3) is 5.91 Å². The van der Waals surface area contributed by atoms with Crippen molar-refractivity contribution in [3.8, 4) is 0 Å². The lowest BCUT2D eigenvalue weighted by Gasteiger charge is -2.36. The van der Waals surface area contributed by atoms with Crippen LogP contribution >= 0.6 is 0 Å². The van der Waals surface area contributed by atoms with E-state index in [0.29, 0.717) is 16.9 Å². The smallest absolute Gasteiger partial charge is 0.257 e. The lowest BCUT2D eigenvalue weighted by molar-refractivity contribution is -0.117. The van der Waals surface area contributed by atoms with Crippen molar-refractivity contribution >= 4 is 28.9 Å². The van der Waals surface area contributed by atoms with Gasteiger partial charge in [0.05, 0.1) is 17.8 Å². The highest BCUT2D eigenvalue weighted by atomic mass is 19.1. The number of benzene rings is 3. The van der Waals surface area contributed by atoms with Crippen molar-refractivity contribution in [2.24, 2.45) is 0 Å². The minimum absolute atomic E-state index is 0.165. The Kier molecular flexibility index (Phi) is 7.23. The van der Waals surface area contributed by atoms with Crippen molar-refractivity contribution in [2.45, 2.75) is 13.8 Å². The fraction of sp³-hybridized carbons (Fsp3) is 0.259. The summed E-state index contributed by atoms with van der Waals surface area (Å²) in [5, 5.41) is 5.61. The van der Waals surface area contributed by atoms with E-state index in [4.69, 9.17) is 0 Å². The molecule has 0 radical (unpaired) electrons. The molecule has 3 aromatic rings. The molecule has 0 aromatic heterocycles. The van der Waals surface area contributed by atoms with Gasteiger partial charge in [-0.25, -0.2) is 4.39 Å². The highest BCUT2D eigenvalue weighted by Crippen LogP contribution is 2.24. The number of halogens is 1. The van der Waals surface area contributed by atoms with Crippen LogP contribution in [0.3, 0.4) is 0 Å². The van der Waals surface area contributed by atoms with Gasteiger partial charge in [0.1, 0.15) is 5.82 Å². The van der Waals surface area contributed by atoms with Gasteiger partial charge in [0, 0.05) is 37.6 Å². The molecule has 2 N–H and O–H groups in total. The number of rotatable bonds is 6. The lowest BCUT2D eigenvalue weighted by atomic mass is 10.1. The van der Waals surface area contributed by atoms with Crippen LogP contribution in [0.5, 0.6) is 0 Å². The van der Waals surface area contributed by atoms with Crippen molar-refractivity contribution in [1.82, 2.24) is 4.90 Å². The molecule has 0 atom stereocenters. The molecule has 1 aliphatic rings. The Labute approximate surface area is 199 Å². The van der Waals surface area contributed by atoms with E-state index in [9.17, 15) is 14.0 Å². The molecule has 4 rings (SSSR count). The van der Waals surface area contributed by atoms with Gasteiger partial charge in [0.15, 0.2) is 0 Å². The number of piperazine rings is 1. The number of anilines is 3. The Morgan fingerprint density at radius 3 is 2.29 bits per heavy atom. The molecule has 7 heteroatoms. The second-order valence-corrected chi connectivity index (χ2v) is 8.54. The average Bonchev–Trinajstić information content (AvgIpc) is 2.83. The van der Waals surface area contributed by atoms with Crippen molar-refractivity contribution < 1.29 is 14.0 Å². The van der Waals surface area contributed by atoms with E-state index in [-0.39, 0.29) is 24.2 Å². The second kappa shape index (κ2) is 10.5. The summed E-state index contributed by atoms with van der Waals surface area (Å²) in [6.07, 6.45) is 0. The monoisotopic (exact) mass is 460 g/mol. The van der Waals surface area contributed by atoms with E-state index < -0.39 is 0 Å². The van der Waals surface area contributed by atoms with Crippen molar-refractivity contribution in [3.63, 3.8) is 0 Å². The van der Waals surface area contributed by atoms with Crippen LogP contribution in [0.15, 0.2) is 66.7 Å². The molecular formula is C27H29FN4O2. The Morgan fingerprint density at radius 2 is 1.56 bits per heavy atom. The zero-order valence-electron chi connectivity index (χ0n) is 19.5. The van der Waals surface area contributed by atoms with E-state index in [1.165, 1.54) is 41.1 Å². The second-order valence-electron chi connectivity index (χ2n) is 8.54. The first-order valence-electron chi connectivity index (χ1n) is 11.4. The Balaban J connectivity index is 1.33. The van der Waals surface area contributed by atoms with Crippen molar-refractivity contribution in [1.29, 1.82) is 0 Å². The Bertz CT molecular complexity index is 1170. The Hall–Kier alpha value is -3.71. The summed E-state index contributed by atoms with van der Waals surface area (Å²) in [5.41, 5.74) is 5.10. The fourth-order valence-corrected chi connectivity index (χ4v) is 4.14. The van der Waals surface area contributed by atoms with E-state index in [2.05, 4.69) is 52.5 Å². The predicted molar refractivity (Wildman–Crippen MR) is 134 cm³/mol. The number of nitrogens with one attached hydrogen (secondary N) is 2. The van der Waals surface area contributed by atoms with E-state index in [0.717, 1.165) is 26.2 Å². The number of hydrogen-bond donors (Lipinski definition) is 2. The highest BCUT2D eigenvalue weighted by Gasteiger charge is 2.21. The third-order valence-electron chi connectivity index (χ3n) is 6.20. The van der Waals surface area contributed by atoms with Crippen molar-refractivity contribution in [2.75, 3.05) is 48.3 Å². The number of carbonyl (C=O) groups excluding carboxylic acids is 2. The first kappa shape index (κ1) is 23.4. The third-order valence-corrected chi connectivity index (χ3v) is 6.20. The SMILES string of the molecule is Cc1cccc(N2CCN(CC(=O)Nc3ccccc3C(=O)Nc3ccc(F)cc3)CC2)c1C. The molecule has 1 heterocycles. The number of aryl methyl sites for hydroxylation is 1. The summed E-state index contributed by atoms with van der Waals surface area (Å²) in [4.78, 5) is 30.0. The maximum Gasteiger partial charge on any atom is 0.257 e. The summed E-state index contributed by atoms with van der Waals surface area (Å²) in [7, 11) is 0. The van der Waals surface area contributed by atoms with Gasteiger partial charge in [0.2, 0.25) is 5.91 Å². The van der Waals surface area contributed by atoms with Gasteiger partial charge >= 0.3 is 0 Å². The molecule has 1 aliphatic heterocycles. The van der Waals surface area contributed by atoms with Crippen LogP contribution < -0.4 is 15.5 Å². The quantitative estimate of drug-likeness (QED) is 0.570. The third kappa shape index (κ3) is 5.61. The summed E-state index contributed by atoms with van der Waals surface area (Å²) in [6.45, 7) is 7.81. The molecule has 0 saturated carbocycles. The lowest BCUT2D eigenvalue weighted by Crippen LogP contribution is -2.49. The predicted octanol–water partition coefficient (Wildman–Crippen LogP) is 4.46. The number of carbonyl (C=O) groups is 2. The summed E-state index contributed by atoms with van der Waals surface area (Å²) >= 11 is 0. The molecule has 34 heavy (non-hydrogen) atoms. The molecule has 2 amide bonds. The van der Waals surface area contributed by atoms with Crippen LogP contribution in [0.4, 0.5) is 21.5 Å². The van der Waals surface area contributed by atoms with Gasteiger partial charge in [-0.3, -0.25) is 14.5 Å². The van der Waals surface area contributed by atoms with Crippen LogP contribution in [-0.4, -0.2) is 49.4 Å². The van der Waals surface area contributed by atoms with Crippen LogP contribution in [0, 0.1) is 19.7 Å². The number of para-hydroxylation sites is 1. The van der Waals surface area contributed by atoms with Gasteiger partial charge in [-0.05, 0) is 67.4 Å². The number of amides is 2. The van der Waals surface area contributed by atoms with E-state index in [1.807, 2.05) is 0 Å². The first-order chi connectivity index (χ1) is 16.4. The van der Waals surface area contributed by atoms with Crippen LogP contribution in [0.25, 0.3) is 0 Å². The average molecular weight is 461 g/mol. The molecule has 0 aliphatic carbocycles. The topological polar surface area (TPSA) is 64.7 Å². The molecule has 176 valence electrons. The molecule has 1 saturated heterocycles. The van der Waals surface area contributed by atoms with Gasteiger partial charge in [-0.1, -0.05) is 24.3 Å². The zero-order valence-corrected chi connectivity index (χ0v) is 19.5. The van der Waals surface area contributed by atoms with E-state index in [1.54, 1.807) is 24.3 Å². The van der Waals surface area contributed by atoms with Crippen LogP contribution in [0.1, 0.15) is 21.5 Å². The van der Waals surface area contributed by atoms with Crippen LogP contribution in [-0.2, 0) is 4.79 Å². The summed E-state index contributed by atoms with van der Waals surface area (Å²) in [6, 6.07) is 18.8. The minimum atomic E-state index is -0.375. The molecule has 1 fully saturated rings. The summed E-state index contributed by atoms with van der Waals surface area (Å²) < 4.78 is 13.1. The molecule has 0 spiro atoms. The van der Waals surface area contributed by atoms with Gasteiger partial charge in [-0.2, -0.15) is 0 Å². The van der Waals surface area contributed by atoms with E-state index >= 15 is 0 Å². The normalized spacial score (nSPS) is 14.0. The maximum atomic E-state index is 13.1. The molecular weight excluding hydrogens is 431 g/mol.